The van der Waals surface area contributed by atoms with Crippen LogP contribution in [-0.2, 0) is 10.3 Å². The van der Waals surface area contributed by atoms with Crippen molar-refractivity contribution in [3.05, 3.63) is 44.6 Å². The summed E-state index contributed by atoms with van der Waals surface area (Å²) in [5.74, 6) is -0.226. The second kappa shape index (κ2) is 8.46. The number of nitrogens with one attached hydrogen (secondary N) is 1. The lowest BCUT2D eigenvalue weighted by molar-refractivity contribution is -0.111. The average Bonchev–Trinajstić information content (AvgIpc) is 2.95. The van der Waals surface area contributed by atoms with Crippen molar-refractivity contribution in [2.24, 2.45) is 0 Å². The molecule has 0 fully saturated rings. The lowest BCUT2D eigenvalue weighted by Gasteiger charge is -2.23. The van der Waals surface area contributed by atoms with Crippen LogP contribution >= 0.6 is 43.8 Å². The Balaban J connectivity index is 2.11. The third-order valence-electron chi connectivity index (χ3n) is 3.31. The van der Waals surface area contributed by atoms with Crippen molar-refractivity contribution in [1.82, 2.24) is 19.7 Å². The number of nitrogens with zero attached hydrogens (tertiary/aromatic N) is 3. The van der Waals surface area contributed by atoms with Gasteiger partial charge in [0.2, 0.25) is 5.12 Å². The number of rotatable bonds is 6. The summed E-state index contributed by atoms with van der Waals surface area (Å²) in [6.07, 6.45) is 2.93. The molecule has 1 aromatic heterocycles. The first-order valence-electron chi connectivity index (χ1n) is 7.64. The molecule has 25 heavy (non-hydrogen) atoms. The molecule has 9 heteroatoms. The second-order valence-electron chi connectivity index (χ2n) is 5.96. The molecule has 0 aliphatic carbocycles. The maximum atomic E-state index is 12.5. The largest absolute Gasteiger partial charge is 0.341 e. The third kappa shape index (κ3) is 5.65. The zero-order valence-electron chi connectivity index (χ0n) is 14.0. The van der Waals surface area contributed by atoms with E-state index in [4.69, 9.17) is 0 Å². The average molecular weight is 490 g/mol. The van der Waals surface area contributed by atoms with Gasteiger partial charge in [0.15, 0.2) is 0 Å². The minimum atomic E-state index is -0.738. The van der Waals surface area contributed by atoms with Crippen LogP contribution in [0.3, 0.4) is 0 Å². The predicted molar refractivity (Wildman–Crippen MR) is 105 cm³/mol. The Morgan fingerprint density at radius 2 is 1.88 bits per heavy atom. The van der Waals surface area contributed by atoms with E-state index in [1.54, 1.807) is 18.3 Å². The van der Waals surface area contributed by atoms with Gasteiger partial charge < -0.3 is 5.32 Å². The van der Waals surface area contributed by atoms with Crippen LogP contribution in [0.5, 0.6) is 0 Å². The summed E-state index contributed by atoms with van der Waals surface area (Å²) in [6, 6.07) is 5.34. The zero-order valence-corrected chi connectivity index (χ0v) is 18.0. The fraction of sp³-hybridized carbons (Fsp3) is 0.375. The lowest BCUT2D eigenvalue weighted by atomic mass is 10.0. The molecule has 2 aromatic rings. The summed E-state index contributed by atoms with van der Waals surface area (Å²) in [7, 11) is 0. The van der Waals surface area contributed by atoms with Gasteiger partial charge in [0.05, 0.1) is 23.7 Å². The molecule has 0 aliphatic heterocycles. The molecular formula is C16H18Br2N4O2S. The Bertz CT molecular complexity index is 772. The minimum absolute atomic E-state index is 0.0276. The van der Waals surface area contributed by atoms with E-state index in [-0.39, 0.29) is 11.0 Å². The van der Waals surface area contributed by atoms with E-state index in [0.29, 0.717) is 17.7 Å². The Hall–Kier alpha value is -1.19. The molecule has 1 aromatic carbocycles. The number of amides is 1. The summed E-state index contributed by atoms with van der Waals surface area (Å²) in [4.78, 5) is 24.2. The fourth-order valence-electron chi connectivity index (χ4n) is 2.04. The van der Waals surface area contributed by atoms with Crippen molar-refractivity contribution in [2.75, 3.05) is 0 Å². The smallest absolute Gasteiger partial charge is 0.252 e. The van der Waals surface area contributed by atoms with E-state index in [0.717, 1.165) is 27.3 Å². The van der Waals surface area contributed by atoms with Crippen LogP contribution in [0.2, 0.25) is 0 Å². The molecule has 0 unspecified atom stereocenters. The van der Waals surface area contributed by atoms with Gasteiger partial charge in [-0.25, -0.2) is 0 Å². The first-order chi connectivity index (χ1) is 11.7. The molecule has 0 radical (unpaired) electrons. The van der Waals surface area contributed by atoms with Crippen LogP contribution in [0.1, 0.15) is 49.7 Å². The monoisotopic (exact) mass is 488 g/mol. The summed E-state index contributed by atoms with van der Waals surface area (Å²) in [6.45, 7) is 5.62. The molecule has 0 spiro atoms. The summed E-state index contributed by atoms with van der Waals surface area (Å²) in [5.41, 5.74) is 0.360. The van der Waals surface area contributed by atoms with E-state index >= 15 is 0 Å². The van der Waals surface area contributed by atoms with Crippen LogP contribution in [0.25, 0.3) is 0 Å². The van der Waals surface area contributed by atoms with Gasteiger partial charge in [-0.1, -0.05) is 44.0 Å². The molecule has 0 bridgehead atoms. The van der Waals surface area contributed by atoms with Crippen LogP contribution in [0, 0.1) is 0 Å². The van der Waals surface area contributed by atoms with Crippen molar-refractivity contribution < 1.29 is 9.59 Å². The molecule has 0 aliphatic rings. The first kappa shape index (κ1) is 20.1. The van der Waals surface area contributed by atoms with E-state index in [1.807, 2.05) is 26.8 Å². The molecular weight excluding hydrogens is 472 g/mol. The van der Waals surface area contributed by atoms with Gasteiger partial charge in [0, 0.05) is 20.9 Å². The number of carbonyl (C=O) groups excluding carboxylic acids is 2. The van der Waals surface area contributed by atoms with Crippen LogP contribution in [-0.4, -0.2) is 25.4 Å². The van der Waals surface area contributed by atoms with Gasteiger partial charge in [0.1, 0.15) is 5.69 Å². The van der Waals surface area contributed by atoms with Crippen molar-refractivity contribution in [2.45, 2.75) is 39.2 Å². The number of hydrogen-bond acceptors (Lipinski definition) is 5. The highest BCUT2D eigenvalue weighted by Gasteiger charge is 2.27. The topological polar surface area (TPSA) is 76.9 Å². The first-order valence-corrected chi connectivity index (χ1v) is 10.00. The van der Waals surface area contributed by atoms with E-state index < -0.39 is 5.54 Å². The van der Waals surface area contributed by atoms with E-state index in [1.165, 1.54) is 4.09 Å². The van der Waals surface area contributed by atoms with Gasteiger partial charge in [-0.15, -0.1) is 5.10 Å². The molecule has 0 atom stereocenters. The van der Waals surface area contributed by atoms with Gasteiger partial charge in [0.25, 0.3) is 5.91 Å². The molecule has 134 valence electrons. The van der Waals surface area contributed by atoms with E-state index in [2.05, 4.69) is 47.5 Å². The number of carbonyl (C=O) groups is 2. The van der Waals surface area contributed by atoms with Crippen LogP contribution in [0.15, 0.2) is 33.3 Å². The number of halogens is 2. The minimum Gasteiger partial charge on any atom is -0.341 e. The molecule has 1 N–H and O–H groups in total. The van der Waals surface area contributed by atoms with Crippen molar-refractivity contribution in [1.29, 1.82) is 0 Å². The van der Waals surface area contributed by atoms with Crippen LogP contribution < -0.4 is 5.32 Å². The third-order valence-corrected chi connectivity index (χ3v) is 5.00. The summed E-state index contributed by atoms with van der Waals surface area (Å²) >= 11 is 7.75. The fourth-order valence-corrected chi connectivity index (χ4v) is 4.06. The Labute approximate surface area is 167 Å². The maximum Gasteiger partial charge on any atom is 0.252 e. The normalized spacial score (nSPS) is 11.4. The predicted octanol–water partition coefficient (Wildman–Crippen LogP) is 4.29. The Morgan fingerprint density at radius 3 is 2.48 bits per heavy atom. The number of hydrogen-bond donors (Lipinski definition) is 1. The lowest BCUT2D eigenvalue weighted by Crippen LogP contribution is -2.41. The molecule has 0 saturated heterocycles. The quantitative estimate of drug-likeness (QED) is 0.654. The van der Waals surface area contributed by atoms with Crippen molar-refractivity contribution >= 4 is 54.8 Å². The van der Waals surface area contributed by atoms with Crippen LogP contribution in [0.4, 0.5) is 0 Å². The number of benzene rings is 1. The van der Waals surface area contributed by atoms with Gasteiger partial charge in [-0.3, -0.25) is 9.59 Å². The van der Waals surface area contributed by atoms with E-state index in [9.17, 15) is 9.59 Å². The maximum absolute atomic E-state index is 12.5. The van der Waals surface area contributed by atoms with Gasteiger partial charge in [-0.2, -0.15) is 4.09 Å². The Morgan fingerprint density at radius 1 is 1.24 bits per heavy atom. The highest BCUT2D eigenvalue weighted by Crippen LogP contribution is 2.23. The second-order valence-corrected chi connectivity index (χ2v) is 8.80. The Kier molecular flexibility index (Phi) is 6.81. The SMILES string of the molecule is CCCC(=O)Sn1cc(C(C)(C)NC(=O)c2cc(Br)cc(Br)c2)nn1. The molecule has 6 nitrogen and oxygen atoms in total. The molecule has 1 amide bonds. The van der Waals surface area contributed by atoms with Crippen molar-refractivity contribution in [3.8, 4) is 0 Å². The highest BCUT2D eigenvalue weighted by molar-refractivity contribution is 9.11. The molecule has 1 heterocycles. The van der Waals surface area contributed by atoms with Crippen molar-refractivity contribution in [3.63, 3.8) is 0 Å². The number of aromatic nitrogens is 3. The van der Waals surface area contributed by atoms with Gasteiger partial charge in [-0.05, 0) is 38.5 Å². The highest BCUT2D eigenvalue weighted by atomic mass is 79.9. The molecule has 0 saturated carbocycles. The summed E-state index contributed by atoms with van der Waals surface area (Å²) in [5, 5.41) is 11.0. The zero-order chi connectivity index (χ0) is 18.6. The standard InChI is InChI=1S/C16H18Br2N4O2S/c1-4-5-14(23)25-22-9-13(20-21-22)16(2,3)19-15(24)10-6-11(17)8-12(18)7-10/h6-9H,4-5H2,1-3H3,(H,19,24). The molecule has 2 rings (SSSR count). The summed E-state index contributed by atoms with van der Waals surface area (Å²) < 4.78 is 3.04. The van der Waals surface area contributed by atoms with Gasteiger partial charge >= 0.3 is 0 Å².